The van der Waals surface area contributed by atoms with Crippen molar-refractivity contribution in [1.82, 2.24) is 0 Å². The summed E-state index contributed by atoms with van der Waals surface area (Å²) in [5, 5.41) is 3.94. The largest absolute Gasteiger partial charge is 0.294 e. The molecular weight excluding hydrogens is 292 g/mol. The fraction of sp³-hybridized carbons (Fsp3) is 0.182. The van der Waals surface area contributed by atoms with Crippen LogP contribution in [0.5, 0.6) is 0 Å². The van der Waals surface area contributed by atoms with Crippen molar-refractivity contribution in [3.63, 3.8) is 0 Å². The summed E-state index contributed by atoms with van der Waals surface area (Å²) in [6.45, 7) is 1.98. The summed E-state index contributed by atoms with van der Waals surface area (Å²) in [7, 11) is 0. The standard InChI is InChI=1S/C11H9BrOS2/c1-7-5-14-6-9(7)10(13)4-8-2-3-11(12)15-8/h2-3,5-6H,4H2,1H3. The van der Waals surface area contributed by atoms with E-state index >= 15 is 0 Å². The molecule has 0 aromatic carbocycles. The lowest BCUT2D eigenvalue weighted by molar-refractivity contribution is 0.0993. The van der Waals surface area contributed by atoms with Crippen molar-refractivity contribution >= 4 is 44.4 Å². The van der Waals surface area contributed by atoms with E-state index < -0.39 is 0 Å². The summed E-state index contributed by atoms with van der Waals surface area (Å²) in [5.74, 6) is 0.211. The monoisotopic (exact) mass is 300 g/mol. The number of ketones is 1. The lowest BCUT2D eigenvalue weighted by Crippen LogP contribution is -2.01. The number of Topliss-reactive ketones (excluding diaryl/α,β-unsaturated/α-hetero) is 1. The highest BCUT2D eigenvalue weighted by molar-refractivity contribution is 9.11. The van der Waals surface area contributed by atoms with Crippen LogP contribution in [0, 0.1) is 6.92 Å². The topological polar surface area (TPSA) is 17.1 Å². The maximum absolute atomic E-state index is 11.9. The molecule has 1 nitrogen and oxygen atoms in total. The molecule has 15 heavy (non-hydrogen) atoms. The first-order valence-electron chi connectivity index (χ1n) is 4.47. The number of aryl methyl sites for hydroxylation is 1. The quantitative estimate of drug-likeness (QED) is 0.772. The highest BCUT2D eigenvalue weighted by Gasteiger charge is 2.11. The van der Waals surface area contributed by atoms with E-state index in [9.17, 15) is 4.79 Å². The molecule has 0 N–H and O–H groups in total. The normalized spacial score (nSPS) is 10.5. The predicted octanol–water partition coefficient (Wildman–Crippen LogP) is 4.31. The number of carbonyl (C=O) groups excluding carboxylic acids is 1. The Hall–Kier alpha value is -0.450. The summed E-state index contributed by atoms with van der Waals surface area (Å²) < 4.78 is 1.08. The third-order valence-corrected chi connectivity index (χ3v) is 4.60. The minimum atomic E-state index is 0.211. The molecular formula is C11H9BrOS2. The molecule has 4 heteroatoms. The summed E-state index contributed by atoms with van der Waals surface area (Å²) in [5.41, 5.74) is 1.95. The Labute approximate surface area is 105 Å². The molecule has 2 heterocycles. The first-order chi connectivity index (χ1) is 7.16. The van der Waals surface area contributed by atoms with Gasteiger partial charge in [-0.3, -0.25) is 4.79 Å². The van der Waals surface area contributed by atoms with Gasteiger partial charge in [-0.2, -0.15) is 11.3 Å². The molecule has 0 aliphatic heterocycles. The average Bonchev–Trinajstić information content (AvgIpc) is 2.75. The van der Waals surface area contributed by atoms with E-state index in [1.54, 1.807) is 22.7 Å². The Morgan fingerprint density at radius 2 is 2.20 bits per heavy atom. The molecule has 2 rings (SSSR count). The first-order valence-corrected chi connectivity index (χ1v) is 7.02. The molecule has 0 amide bonds. The van der Waals surface area contributed by atoms with Crippen LogP contribution >= 0.6 is 38.6 Å². The zero-order chi connectivity index (χ0) is 10.8. The number of carbonyl (C=O) groups is 1. The Kier molecular flexibility index (Phi) is 3.38. The number of rotatable bonds is 3. The maximum Gasteiger partial charge on any atom is 0.169 e. The van der Waals surface area contributed by atoms with Gasteiger partial charge in [-0.15, -0.1) is 11.3 Å². The minimum Gasteiger partial charge on any atom is -0.294 e. The van der Waals surface area contributed by atoms with Crippen LogP contribution in [-0.2, 0) is 6.42 Å². The summed E-state index contributed by atoms with van der Waals surface area (Å²) in [6, 6.07) is 3.97. The van der Waals surface area contributed by atoms with E-state index in [1.165, 1.54) is 0 Å². The lowest BCUT2D eigenvalue weighted by atomic mass is 10.1. The van der Waals surface area contributed by atoms with Crippen LogP contribution in [0.2, 0.25) is 0 Å². The van der Waals surface area contributed by atoms with Crippen LogP contribution < -0.4 is 0 Å². The van der Waals surface area contributed by atoms with Crippen molar-refractivity contribution in [2.75, 3.05) is 0 Å². The van der Waals surface area contributed by atoms with Crippen LogP contribution in [-0.4, -0.2) is 5.78 Å². The summed E-state index contributed by atoms with van der Waals surface area (Å²) in [4.78, 5) is 13.0. The van der Waals surface area contributed by atoms with Crippen molar-refractivity contribution in [1.29, 1.82) is 0 Å². The van der Waals surface area contributed by atoms with Gasteiger partial charge >= 0.3 is 0 Å². The third kappa shape index (κ3) is 2.56. The molecule has 0 radical (unpaired) electrons. The second-order valence-electron chi connectivity index (χ2n) is 3.27. The van der Waals surface area contributed by atoms with Crippen LogP contribution in [0.3, 0.4) is 0 Å². The number of hydrogen-bond acceptors (Lipinski definition) is 3. The number of thiophene rings is 2. The highest BCUT2D eigenvalue weighted by Crippen LogP contribution is 2.24. The molecule has 0 fully saturated rings. The second-order valence-corrected chi connectivity index (χ2v) is 6.57. The number of halogens is 1. The summed E-state index contributed by atoms with van der Waals surface area (Å²) in [6.07, 6.45) is 0.508. The average molecular weight is 301 g/mol. The molecule has 0 aliphatic carbocycles. The molecule has 2 aromatic rings. The van der Waals surface area contributed by atoms with Crippen LogP contribution in [0.1, 0.15) is 20.8 Å². The van der Waals surface area contributed by atoms with Gasteiger partial charge in [0.25, 0.3) is 0 Å². The van der Waals surface area contributed by atoms with Crippen LogP contribution in [0.4, 0.5) is 0 Å². The molecule has 0 saturated heterocycles. The third-order valence-electron chi connectivity index (χ3n) is 2.12. The Morgan fingerprint density at radius 3 is 2.73 bits per heavy atom. The van der Waals surface area contributed by atoms with Gasteiger partial charge in [0.2, 0.25) is 0 Å². The van der Waals surface area contributed by atoms with Gasteiger partial charge < -0.3 is 0 Å². The molecule has 0 aliphatic rings. The van der Waals surface area contributed by atoms with E-state index in [0.29, 0.717) is 6.42 Å². The van der Waals surface area contributed by atoms with Crippen molar-refractivity contribution < 1.29 is 4.79 Å². The summed E-state index contributed by atoms with van der Waals surface area (Å²) >= 11 is 6.60. The van der Waals surface area contributed by atoms with Gasteiger partial charge in [0.15, 0.2) is 5.78 Å². The van der Waals surface area contributed by atoms with E-state index in [1.807, 2.05) is 29.8 Å². The highest BCUT2D eigenvalue weighted by atomic mass is 79.9. The van der Waals surface area contributed by atoms with E-state index in [0.717, 1.165) is 19.8 Å². The fourth-order valence-corrected chi connectivity index (χ4v) is 3.68. The number of hydrogen-bond donors (Lipinski definition) is 0. The molecule has 0 atom stereocenters. The Bertz CT molecular complexity index is 484. The smallest absolute Gasteiger partial charge is 0.169 e. The second kappa shape index (κ2) is 4.60. The first kappa shape index (κ1) is 11.0. The van der Waals surface area contributed by atoms with Gasteiger partial charge in [-0.1, -0.05) is 0 Å². The molecule has 0 unspecified atom stereocenters. The zero-order valence-corrected chi connectivity index (χ0v) is 11.3. The van der Waals surface area contributed by atoms with Gasteiger partial charge in [0, 0.05) is 22.2 Å². The van der Waals surface area contributed by atoms with Crippen molar-refractivity contribution in [3.05, 3.63) is 42.7 Å². The van der Waals surface area contributed by atoms with Crippen molar-refractivity contribution in [2.45, 2.75) is 13.3 Å². The van der Waals surface area contributed by atoms with Gasteiger partial charge in [0.05, 0.1) is 3.79 Å². The zero-order valence-electron chi connectivity index (χ0n) is 8.12. The van der Waals surface area contributed by atoms with Crippen LogP contribution in [0.15, 0.2) is 26.7 Å². The predicted molar refractivity (Wildman–Crippen MR) is 69.1 cm³/mol. The fourth-order valence-electron chi connectivity index (χ4n) is 1.35. The Morgan fingerprint density at radius 1 is 1.40 bits per heavy atom. The van der Waals surface area contributed by atoms with E-state index in [-0.39, 0.29) is 5.78 Å². The maximum atomic E-state index is 11.9. The minimum absolute atomic E-state index is 0.211. The van der Waals surface area contributed by atoms with E-state index in [4.69, 9.17) is 0 Å². The van der Waals surface area contributed by atoms with Crippen LogP contribution in [0.25, 0.3) is 0 Å². The van der Waals surface area contributed by atoms with Gasteiger partial charge in [-0.05, 0) is 45.9 Å². The molecule has 0 saturated carbocycles. The van der Waals surface area contributed by atoms with E-state index in [2.05, 4.69) is 15.9 Å². The van der Waals surface area contributed by atoms with Crippen molar-refractivity contribution in [3.8, 4) is 0 Å². The molecule has 0 bridgehead atoms. The Balaban J connectivity index is 2.14. The SMILES string of the molecule is Cc1cscc1C(=O)Cc1ccc(Br)s1. The lowest BCUT2D eigenvalue weighted by Gasteiger charge is -1.97. The molecule has 2 aromatic heterocycles. The van der Waals surface area contributed by atoms with Gasteiger partial charge in [-0.25, -0.2) is 0 Å². The molecule has 0 spiro atoms. The van der Waals surface area contributed by atoms with Gasteiger partial charge in [0.1, 0.15) is 0 Å². The van der Waals surface area contributed by atoms with Crippen molar-refractivity contribution in [2.24, 2.45) is 0 Å². The molecule has 78 valence electrons.